The summed E-state index contributed by atoms with van der Waals surface area (Å²) in [5.41, 5.74) is 0.202. The lowest BCUT2D eigenvalue weighted by Crippen LogP contribution is -2.63. The summed E-state index contributed by atoms with van der Waals surface area (Å²) in [7, 11) is 4.84. The van der Waals surface area contributed by atoms with Crippen LogP contribution in [0.15, 0.2) is 72.9 Å². The van der Waals surface area contributed by atoms with E-state index in [0.29, 0.717) is 5.56 Å². The number of aliphatic hydroxyl groups is 1. The summed E-state index contributed by atoms with van der Waals surface area (Å²) in [6.07, 6.45) is -7.82. The Morgan fingerprint density at radius 2 is 1.36 bits per heavy atom. The normalized spacial score (nSPS) is 24.2. The number of rotatable bonds is 13. The Balaban J connectivity index is 2.25. The second-order valence-corrected chi connectivity index (χ2v) is 18.6. The summed E-state index contributed by atoms with van der Waals surface area (Å²) in [6, 6.07) is 6.36. The fourth-order valence-corrected chi connectivity index (χ4v) is 7.63. The van der Waals surface area contributed by atoms with Crippen LogP contribution in [0.25, 0.3) is 0 Å². The lowest BCUT2D eigenvalue weighted by molar-refractivity contribution is -0.174. The third-order valence-electron chi connectivity index (χ3n) is 12.4. The van der Waals surface area contributed by atoms with Crippen LogP contribution >= 0.6 is 0 Å². The Labute approximate surface area is 425 Å². The van der Waals surface area contributed by atoms with E-state index in [1.165, 1.54) is 68.1 Å². The average molecular weight is 1020 g/mol. The predicted octanol–water partition coefficient (Wildman–Crippen LogP) is 0.645. The van der Waals surface area contributed by atoms with E-state index in [9.17, 15) is 48.3 Å². The van der Waals surface area contributed by atoms with Crippen LogP contribution in [0.2, 0.25) is 0 Å². The average Bonchev–Trinajstić information content (AvgIpc) is 3.35. The number of ether oxygens (including phenoxy) is 4. The van der Waals surface area contributed by atoms with Crippen LogP contribution in [0, 0.1) is 11.8 Å². The van der Waals surface area contributed by atoms with Crippen LogP contribution in [-0.4, -0.2) is 174 Å². The van der Waals surface area contributed by atoms with Gasteiger partial charge < -0.3 is 60.0 Å². The molecule has 0 bridgehead atoms. The van der Waals surface area contributed by atoms with Gasteiger partial charge in [-0.05, 0) is 57.2 Å². The topological polar surface area (TPSA) is 286 Å². The molecule has 0 radical (unpaired) electrons. The van der Waals surface area contributed by atoms with E-state index in [0.717, 1.165) is 21.6 Å². The number of carbonyl (C=O) groups is 10. The molecule has 7 amide bonds. The van der Waals surface area contributed by atoms with Crippen molar-refractivity contribution in [2.45, 2.75) is 136 Å². The summed E-state index contributed by atoms with van der Waals surface area (Å²) in [4.78, 5) is 143. The van der Waals surface area contributed by atoms with Gasteiger partial charge in [0.05, 0.1) is 12.2 Å². The van der Waals surface area contributed by atoms with Crippen molar-refractivity contribution in [3.8, 4) is 0 Å². The van der Waals surface area contributed by atoms with Crippen molar-refractivity contribution in [3.05, 3.63) is 84.1 Å². The monoisotopic (exact) mass is 1020 g/mol. The molecule has 11 atom stereocenters. The zero-order valence-corrected chi connectivity index (χ0v) is 43.7. The molecule has 0 unspecified atom stereocenters. The van der Waals surface area contributed by atoms with Gasteiger partial charge in [0.1, 0.15) is 36.0 Å². The molecular formula is C51H71N7O15. The quantitative estimate of drug-likeness (QED) is 0.105. The number of nitrogens with zero attached hydrogens (tertiary/aromatic N) is 3. The largest absolute Gasteiger partial charge is 0.458 e. The van der Waals surface area contributed by atoms with Gasteiger partial charge in [-0.2, -0.15) is 0 Å². The van der Waals surface area contributed by atoms with E-state index in [2.05, 4.69) is 27.8 Å². The maximum Gasteiger partial charge on any atom is 0.333 e. The molecular weight excluding hydrogens is 951 g/mol. The van der Waals surface area contributed by atoms with Crippen molar-refractivity contribution in [1.29, 1.82) is 0 Å². The zero-order chi connectivity index (χ0) is 55.2. The number of esters is 3. The first-order valence-electron chi connectivity index (χ1n) is 23.7. The molecule has 5 N–H and O–H groups in total. The third kappa shape index (κ3) is 15.9. The van der Waals surface area contributed by atoms with Crippen LogP contribution in [0.4, 0.5) is 0 Å². The molecule has 2 aromatic carbocycles. The molecule has 22 heteroatoms. The highest BCUT2D eigenvalue weighted by atomic mass is 16.6. The van der Waals surface area contributed by atoms with Crippen molar-refractivity contribution < 1.29 is 72.0 Å². The Hall–Kier alpha value is -7.20. The molecule has 73 heavy (non-hydrogen) atoms. The van der Waals surface area contributed by atoms with E-state index in [4.69, 9.17) is 18.9 Å². The van der Waals surface area contributed by atoms with E-state index in [1.807, 2.05) is 0 Å². The number of amides is 7. The summed E-state index contributed by atoms with van der Waals surface area (Å²) >= 11 is 0. The Morgan fingerprint density at radius 1 is 0.781 bits per heavy atom. The molecule has 3 rings (SSSR count). The fourth-order valence-electron chi connectivity index (χ4n) is 7.63. The van der Waals surface area contributed by atoms with Crippen molar-refractivity contribution in [3.63, 3.8) is 0 Å². The first kappa shape index (κ1) is 60.1. The van der Waals surface area contributed by atoms with Crippen LogP contribution in [-0.2, 0) is 68.5 Å². The number of hydrogen-bond acceptors (Lipinski definition) is 15. The Kier molecular flexibility index (Phi) is 22.2. The highest BCUT2D eigenvalue weighted by Gasteiger charge is 2.46. The molecule has 22 nitrogen and oxygen atoms in total. The van der Waals surface area contributed by atoms with E-state index >= 15 is 4.79 Å². The van der Waals surface area contributed by atoms with Gasteiger partial charge in [0.25, 0.3) is 17.7 Å². The number of hydrogen-bond donors (Lipinski definition) is 5. The SMILES string of the molecule is C=C1C(=O)N[C@@H](C)C(=O)N(C)[C@@H](C)C(=O)N[C@@H]([C@H](OC(=O)[C@@H](NC(=O)c2ccccc2)[C@H](O)C(C)C)C(C)C)C(=O)N(C)[C@@H]([C@@H](C)OC)C(=O)O[C@H](C)[C@H](NC(C)=O)C(=O)O[C@H](Cc2ccccc2)C(=O)N1C. The van der Waals surface area contributed by atoms with Gasteiger partial charge in [-0.15, -0.1) is 0 Å². The first-order chi connectivity index (χ1) is 34.1. The summed E-state index contributed by atoms with van der Waals surface area (Å²) in [5, 5.41) is 21.2. The third-order valence-corrected chi connectivity index (χ3v) is 12.4. The maximum atomic E-state index is 15.1. The van der Waals surface area contributed by atoms with E-state index < -0.39 is 144 Å². The zero-order valence-electron chi connectivity index (χ0n) is 43.7. The van der Waals surface area contributed by atoms with Crippen molar-refractivity contribution >= 4 is 59.3 Å². The van der Waals surface area contributed by atoms with Crippen LogP contribution < -0.4 is 21.3 Å². The van der Waals surface area contributed by atoms with E-state index in [-0.39, 0.29) is 12.0 Å². The second kappa shape index (κ2) is 27.0. The standard InChI is InChI=1S/C51H71N7O15/c1-26(2)41(60)38(54-45(63)35-23-19-16-20-24-35)50(68)73-42(27(3)4)39-48(66)58(13)40(32(9)70-14)51(69)71-31(8)37(53-33(10)59)49(67)72-36(25-34-21-17-15-18-22-34)47(65)57(12)29(6)43(61)52-28(5)46(64)56(11)30(7)44(62)55-39/h15-24,26-28,30-32,36-42,60H,6,25H2,1-5,7-14H3,(H,52,61)(H,53,59)(H,54,63)(H,55,62)/t28-,30-,31+,32+,36+,37-,38-,39-,40-,41+,42+/m0/s1. The smallest absolute Gasteiger partial charge is 0.333 e. The molecule has 1 aliphatic heterocycles. The number of likely N-dealkylation sites (N-methyl/N-ethyl adjacent to an activating group) is 3. The highest BCUT2D eigenvalue weighted by Crippen LogP contribution is 2.22. The molecule has 1 aliphatic rings. The summed E-state index contributed by atoms with van der Waals surface area (Å²) in [5.74, 6) is -11.4. The molecule has 1 fully saturated rings. The van der Waals surface area contributed by atoms with Gasteiger partial charge in [-0.25, -0.2) is 14.4 Å². The molecule has 0 saturated carbocycles. The predicted molar refractivity (Wildman–Crippen MR) is 263 cm³/mol. The first-order valence-corrected chi connectivity index (χ1v) is 23.7. The van der Waals surface area contributed by atoms with Crippen molar-refractivity contribution in [1.82, 2.24) is 36.0 Å². The molecule has 1 heterocycles. The Morgan fingerprint density at radius 3 is 1.89 bits per heavy atom. The van der Waals surface area contributed by atoms with Crippen molar-refractivity contribution in [2.75, 3.05) is 28.3 Å². The van der Waals surface area contributed by atoms with Gasteiger partial charge in [0, 0.05) is 47.2 Å². The minimum absolute atomic E-state index is 0.155. The minimum Gasteiger partial charge on any atom is -0.458 e. The molecule has 0 spiro atoms. The molecule has 1 saturated heterocycles. The minimum atomic E-state index is -1.89. The van der Waals surface area contributed by atoms with Gasteiger partial charge in [0.15, 0.2) is 24.2 Å². The van der Waals surface area contributed by atoms with Crippen LogP contribution in [0.5, 0.6) is 0 Å². The maximum absolute atomic E-state index is 15.1. The van der Waals surface area contributed by atoms with Crippen LogP contribution in [0.3, 0.4) is 0 Å². The summed E-state index contributed by atoms with van der Waals surface area (Å²) in [6.45, 7) is 16.4. The van der Waals surface area contributed by atoms with Crippen molar-refractivity contribution in [2.24, 2.45) is 11.8 Å². The number of cyclic esters (lactones) is 2. The summed E-state index contributed by atoms with van der Waals surface area (Å²) < 4.78 is 23.1. The number of methoxy groups -OCH3 is 1. The highest BCUT2D eigenvalue weighted by molar-refractivity contribution is 6.01. The number of carbonyl (C=O) groups excluding carboxylic acids is 10. The molecule has 0 aromatic heterocycles. The van der Waals surface area contributed by atoms with Gasteiger partial charge >= 0.3 is 17.9 Å². The van der Waals surface area contributed by atoms with Gasteiger partial charge in [-0.3, -0.25) is 33.6 Å². The fraction of sp³-hybridized carbons (Fsp3) is 0.529. The number of nitrogens with one attached hydrogen (secondary N) is 4. The van der Waals surface area contributed by atoms with Crippen LogP contribution in [0.1, 0.15) is 78.2 Å². The second-order valence-electron chi connectivity index (χ2n) is 18.6. The molecule has 2 aromatic rings. The molecule has 0 aliphatic carbocycles. The lowest BCUT2D eigenvalue weighted by atomic mass is 9.95. The lowest BCUT2D eigenvalue weighted by Gasteiger charge is -2.38. The Bertz CT molecular complexity index is 2330. The number of benzene rings is 2. The molecule has 400 valence electrons. The van der Waals surface area contributed by atoms with Gasteiger partial charge in [-0.1, -0.05) is 82.8 Å². The van der Waals surface area contributed by atoms with Gasteiger partial charge in [0.2, 0.25) is 23.6 Å². The van der Waals surface area contributed by atoms with E-state index in [1.54, 1.807) is 76.2 Å². The number of aliphatic hydroxyl groups excluding tert-OH is 1.